The predicted molar refractivity (Wildman–Crippen MR) is 122 cm³/mol. The number of benzene rings is 1. The molecule has 0 amide bonds. The Bertz CT molecular complexity index is 913. The summed E-state index contributed by atoms with van der Waals surface area (Å²) in [5.74, 6) is 1.78. The molecule has 0 radical (unpaired) electrons. The largest absolute Gasteiger partial charge is 0.497 e. The summed E-state index contributed by atoms with van der Waals surface area (Å²) >= 11 is 0. The van der Waals surface area contributed by atoms with Crippen molar-refractivity contribution >= 4 is 11.6 Å². The van der Waals surface area contributed by atoms with Gasteiger partial charge in [-0.2, -0.15) is 0 Å². The zero-order chi connectivity index (χ0) is 22.1. The molecule has 0 atom stereocenters. The molecule has 1 aromatic rings. The fourth-order valence-corrected chi connectivity index (χ4v) is 2.84. The maximum absolute atomic E-state index is 13.8. The van der Waals surface area contributed by atoms with Crippen LogP contribution in [-0.4, -0.2) is 31.6 Å². The predicted octanol–water partition coefficient (Wildman–Crippen LogP) is 5.70. The Kier molecular flexibility index (Phi) is 8.47. The number of guanidine groups is 1. The highest BCUT2D eigenvalue weighted by atomic mass is 19.1. The highest BCUT2D eigenvalue weighted by molar-refractivity contribution is 5.87. The molecule has 1 heterocycles. The molecule has 1 N–H and O–H groups in total. The van der Waals surface area contributed by atoms with E-state index < -0.39 is 0 Å². The van der Waals surface area contributed by atoms with Crippen molar-refractivity contribution in [3.05, 3.63) is 78.5 Å². The van der Waals surface area contributed by atoms with Gasteiger partial charge in [-0.3, -0.25) is 0 Å². The van der Waals surface area contributed by atoms with Gasteiger partial charge in [-0.25, -0.2) is 9.38 Å². The number of nitrogens with one attached hydrogen (secondary N) is 1. The van der Waals surface area contributed by atoms with Crippen LogP contribution in [0.25, 0.3) is 0 Å². The normalized spacial score (nSPS) is 16.0. The summed E-state index contributed by atoms with van der Waals surface area (Å²) in [6.07, 6.45) is 9.88. The van der Waals surface area contributed by atoms with Crippen LogP contribution in [0.5, 0.6) is 11.5 Å². The molecule has 0 unspecified atom stereocenters. The van der Waals surface area contributed by atoms with E-state index in [0.29, 0.717) is 36.1 Å². The Hall–Kier alpha value is -3.28. The van der Waals surface area contributed by atoms with Crippen molar-refractivity contribution in [1.29, 1.82) is 0 Å². The molecule has 0 aliphatic carbocycles. The Morgan fingerprint density at radius 2 is 2.03 bits per heavy atom. The molecule has 5 nitrogen and oxygen atoms in total. The Morgan fingerprint density at radius 1 is 1.27 bits per heavy atom. The van der Waals surface area contributed by atoms with Crippen molar-refractivity contribution in [2.75, 3.05) is 20.8 Å². The maximum Gasteiger partial charge on any atom is 0.208 e. The Morgan fingerprint density at radius 3 is 2.67 bits per heavy atom. The second-order valence-electron chi connectivity index (χ2n) is 6.81. The lowest BCUT2D eigenvalue weighted by Crippen LogP contribution is -2.40. The van der Waals surface area contributed by atoms with Crippen LogP contribution in [0.2, 0.25) is 0 Å². The smallest absolute Gasteiger partial charge is 0.208 e. The van der Waals surface area contributed by atoms with Crippen LogP contribution in [0.4, 0.5) is 10.1 Å². The lowest BCUT2D eigenvalue weighted by atomic mass is 10.1. The lowest BCUT2D eigenvalue weighted by molar-refractivity contribution is 0.392. The van der Waals surface area contributed by atoms with Crippen molar-refractivity contribution in [1.82, 2.24) is 10.2 Å². The molecule has 0 fully saturated rings. The van der Waals surface area contributed by atoms with Gasteiger partial charge in [0.1, 0.15) is 11.5 Å². The summed E-state index contributed by atoms with van der Waals surface area (Å²) in [5, 5.41) is 3.19. The van der Waals surface area contributed by atoms with Gasteiger partial charge in [0.05, 0.1) is 32.3 Å². The number of hydrogen-bond donors (Lipinski definition) is 1. The molecule has 0 spiro atoms. The highest BCUT2D eigenvalue weighted by Crippen LogP contribution is 2.33. The van der Waals surface area contributed by atoms with Crippen molar-refractivity contribution in [3.63, 3.8) is 0 Å². The second kappa shape index (κ2) is 11.0. The van der Waals surface area contributed by atoms with E-state index in [1.165, 1.54) is 6.08 Å². The molecule has 1 aliphatic heterocycles. The number of nitrogens with zero attached hydrogens (tertiary/aromatic N) is 2. The first kappa shape index (κ1) is 23.0. The van der Waals surface area contributed by atoms with Gasteiger partial charge < -0.3 is 19.7 Å². The molecule has 160 valence electrons. The second-order valence-corrected chi connectivity index (χ2v) is 6.81. The van der Waals surface area contributed by atoms with Crippen LogP contribution >= 0.6 is 0 Å². The third-order valence-corrected chi connectivity index (χ3v) is 4.57. The van der Waals surface area contributed by atoms with E-state index in [9.17, 15) is 4.39 Å². The fourth-order valence-electron chi connectivity index (χ4n) is 2.84. The molecule has 0 saturated heterocycles. The minimum atomic E-state index is -0.148. The fraction of sp³-hybridized carbons (Fsp3) is 0.292. The molecule has 0 bridgehead atoms. The van der Waals surface area contributed by atoms with Gasteiger partial charge in [0.15, 0.2) is 0 Å². The summed E-state index contributed by atoms with van der Waals surface area (Å²) in [6.45, 7) is 12.2. The topological polar surface area (TPSA) is 46.1 Å². The first-order valence-corrected chi connectivity index (χ1v) is 9.81. The molecular formula is C24H30FN3O2. The van der Waals surface area contributed by atoms with E-state index in [1.54, 1.807) is 26.4 Å². The lowest BCUT2D eigenvalue weighted by Gasteiger charge is -2.28. The summed E-state index contributed by atoms with van der Waals surface area (Å²) in [6, 6.07) is 3.67. The molecule has 30 heavy (non-hydrogen) atoms. The van der Waals surface area contributed by atoms with Crippen LogP contribution in [0.3, 0.4) is 0 Å². The van der Waals surface area contributed by atoms with Crippen molar-refractivity contribution in [3.8, 4) is 11.5 Å². The third-order valence-electron chi connectivity index (χ3n) is 4.57. The number of rotatable bonds is 9. The summed E-state index contributed by atoms with van der Waals surface area (Å²) in [4.78, 5) is 6.70. The van der Waals surface area contributed by atoms with E-state index in [2.05, 4.69) is 18.5 Å². The highest BCUT2D eigenvalue weighted by Gasteiger charge is 2.16. The minimum Gasteiger partial charge on any atom is -0.497 e. The van der Waals surface area contributed by atoms with E-state index in [4.69, 9.17) is 14.5 Å². The van der Waals surface area contributed by atoms with Crippen LogP contribution in [-0.2, 0) is 0 Å². The van der Waals surface area contributed by atoms with E-state index in [1.807, 2.05) is 43.2 Å². The van der Waals surface area contributed by atoms with Gasteiger partial charge >= 0.3 is 0 Å². The zero-order valence-electron chi connectivity index (χ0n) is 18.2. The Labute approximate surface area is 178 Å². The molecule has 1 aliphatic rings. The van der Waals surface area contributed by atoms with Gasteiger partial charge in [0.25, 0.3) is 0 Å². The maximum atomic E-state index is 13.8. The van der Waals surface area contributed by atoms with E-state index >= 15 is 0 Å². The number of halogens is 1. The van der Waals surface area contributed by atoms with Crippen LogP contribution in [0.15, 0.2) is 77.9 Å². The van der Waals surface area contributed by atoms with Crippen molar-refractivity contribution < 1.29 is 13.9 Å². The van der Waals surface area contributed by atoms with Crippen LogP contribution < -0.4 is 14.8 Å². The van der Waals surface area contributed by atoms with Gasteiger partial charge in [-0.05, 0) is 37.5 Å². The van der Waals surface area contributed by atoms with Crippen molar-refractivity contribution in [2.24, 2.45) is 4.99 Å². The average molecular weight is 412 g/mol. The standard InChI is InChI=1S/C24H30FN3O2/c1-7-9-20(25)11-10-19(8-2)16-28-13-12-17(3)26-24(28)27-22-14-21(29-5)15-23(30-6)18(22)4/h8,10-15H,2-3,7,9,16H2,1,4-6H3,(H,26,27)/b19-10+,20-11+. The first-order chi connectivity index (χ1) is 14.4. The van der Waals surface area contributed by atoms with E-state index in [-0.39, 0.29) is 5.83 Å². The van der Waals surface area contributed by atoms with Crippen molar-refractivity contribution in [2.45, 2.75) is 26.7 Å². The number of allylic oxidation sites excluding steroid dienone is 4. The number of methoxy groups -OCH3 is 2. The van der Waals surface area contributed by atoms with Gasteiger partial charge in [-0.15, -0.1) is 0 Å². The monoisotopic (exact) mass is 411 g/mol. The molecule has 0 aromatic heterocycles. The Balaban J connectivity index is 2.40. The number of ether oxygens (including phenoxy) is 2. The number of aliphatic imine (C=N–C) groups is 1. The number of hydrogen-bond acceptors (Lipinski definition) is 3. The molecule has 1 aromatic carbocycles. The summed E-state index contributed by atoms with van der Waals surface area (Å²) < 4.78 is 24.6. The van der Waals surface area contributed by atoms with Crippen LogP contribution in [0.1, 0.15) is 25.3 Å². The molecule has 6 heteroatoms. The summed E-state index contributed by atoms with van der Waals surface area (Å²) in [7, 11) is 3.21. The first-order valence-electron chi connectivity index (χ1n) is 9.81. The quantitative estimate of drug-likeness (QED) is 0.530. The molecule has 2 rings (SSSR count). The van der Waals surface area contributed by atoms with Gasteiger partial charge in [0.2, 0.25) is 5.96 Å². The van der Waals surface area contributed by atoms with Gasteiger partial charge in [0, 0.05) is 29.6 Å². The molecular weight excluding hydrogens is 381 g/mol. The van der Waals surface area contributed by atoms with Crippen LogP contribution in [0, 0.1) is 6.92 Å². The summed E-state index contributed by atoms with van der Waals surface area (Å²) in [5.41, 5.74) is 3.17. The van der Waals surface area contributed by atoms with Gasteiger partial charge in [-0.1, -0.05) is 32.2 Å². The zero-order valence-corrected chi connectivity index (χ0v) is 18.2. The average Bonchev–Trinajstić information content (AvgIpc) is 2.74. The molecule has 0 saturated carbocycles. The van der Waals surface area contributed by atoms with E-state index in [0.717, 1.165) is 23.3 Å². The third kappa shape index (κ3) is 6.11. The minimum absolute atomic E-state index is 0.148. The SMILES string of the molecule is C=C/C(=C\C=C(\F)CCC)CN1C=CC(=C)NC1=Nc1cc(OC)cc(OC)c1C.